The van der Waals surface area contributed by atoms with Gasteiger partial charge in [-0.15, -0.1) is 0 Å². The van der Waals surface area contributed by atoms with Crippen molar-refractivity contribution in [1.29, 1.82) is 0 Å². The Labute approximate surface area is 86.1 Å². The Bertz CT molecular complexity index is 343. The molecule has 1 aromatic heterocycles. The smallest absolute Gasteiger partial charge is 0.235 e. The molecule has 1 aromatic rings. The van der Waals surface area contributed by atoms with Gasteiger partial charge in [-0.3, -0.25) is 10.1 Å². The molecule has 0 bridgehead atoms. The molecule has 0 spiro atoms. The first kappa shape index (κ1) is 10.6. The van der Waals surface area contributed by atoms with E-state index in [4.69, 9.17) is 11.6 Å². The van der Waals surface area contributed by atoms with E-state index in [1.807, 2.05) is 6.92 Å². The van der Waals surface area contributed by atoms with Gasteiger partial charge in [0.1, 0.15) is 0 Å². The summed E-state index contributed by atoms with van der Waals surface area (Å²) in [5.74, 6) is 0.236. The minimum atomic E-state index is -0.255. The van der Waals surface area contributed by atoms with E-state index in [9.17, 15) is 4.79 Å². The topological polar surface area (TPSA) is 79.8 Å². The van der Waals surface area contributed by atoms with Crippen molar-refractivity contribution in [2.24, 2.45) is 0 Å². The van der Waals surface area contributed by atoms with Crippen LogP contribution in [-0.4, -0.2) is 27.4 Å². The van der Waals surface area contributed by atoms with Gasteiger partial charge in [0.25, 0.3) is 0 Å². The predicted molar refractivity (Wildman–Crippen MR) is 53.3 cm³/mol. The molecule has 7 heteroatoms. The number of nitrogens with one attached hydrogen (secondary N) is 2. The van der Waals surface area contributed by atoms with E-state index in [2.05, 4.69) is 25.6 Å². The second-order valence-electron chi connectivity index (χ2n) is 2.46. The molecule has 0 saturated carbocycles. The number of amides is 1. The first-order chi connectivity index (χ1) is 6.61. The summed E-state index contributed by atoms with van der Waals surface area (Å²) in [7, 11) is 0. The molecule has 6 nitrogen and oxygen atoms in total. The summed E-state index contributed by atoms with van der Waals surface area (Å²) in [5.41, 5.74) is 0. The molecular formula is C7H10ClN5O. The molecule has 76 valence electrons. The summed E-state index contributed by atoms with van der Waals surface area (Å²) in [6.45, 7) is 3.93. The van der Waals surface area contributed by atoms with Gasteiger partial charge in [0.2, 0.25) is 23.1 Å². The number of aromatic nitrogens is 3. The zero-order chi connectivity index (χ0) is 10.6. The molecule has 0 radical (unpaired) electrons. The van der Waals surface area contributed by atoms with Crippen molar-refractivity contribution in [2.45, 2.75) is 13.8 Å². The lowest BCUT2D eigenvalue weighted by atomic mass is 10.7. The van der Waals surface area contributed by atoms with Crippen LogP contribution in [0.2, 0.25) is 5.28 Å². The summed E-state index contributed by atoms with van der Waals surface area (Å²) >= 11 is 5.62. The fourth-order valence-electron chi connectivity index (χ4n) is 0.801. The number of halogens is 1. The second kappa shape index (κ2) is 4.71. The molecule has 14 heavy (non-hydrogen) atoms. The van der Waals surface area contributed by atoms with Crippen molar-refractivity contribution in [3.05, 3.63) is 5.28 Å². The average molecular weight is 216 g/mol. The van der Waals surface area contributed by atoms with E-state index in [0.717, 1.165) is 0 Å². The Hall–Kier alpha value is -1.43. The third-order valence-electron chi connectivity index (χ3n) is 1.23. The molecule has 0 unspecified atom stereocenters. The first-order valence-corrected chi connectivity index (χ1v) is 4.42. The second-order valence-corrected chi connectivity index (χ2v) is 2.80. The van der Waals surface area contributed by atoms with Crippen LogP contribution in [0.1, 0.15) is 13.8 Å². The van der Waals surface area contributed by atoms with Gasteiger partial charge in [0.05, 0.1) is 0 Å². The van der Waals surface area contributed by atoms with E-state index in [1.165, 1.54) is 6.92 Å². The highest BCUT2D eigenvalue weighted by Gasteiger charge is 2.04. The van der Waals surface area contributed by atoms with Gasteiger partial charge < -0.3 is 5.32 Å². The lowest BCUT2D eigenvalue weighted by Gasteiger charge is -2.04. The van der Waals surface area contributed by atoms with E-state index in [0.29, 0.717) is 12.5 Å². The maximum atomic E-state index is 10.7. The number of carbonyl (C=O) groups excluding carboxylic acids is 1. The Morgan fingerprint density at radius 2 is 2.00 bits per heavy atom. The molecule has 1 heterocycles. The van der Waals surface area contributed by atoms with Crippen LogP contribution in [0.4, 0.5) is 11.9 Å². The van der Waals surface area contributed by atoms with Crippen LogP contribution in [-0.2, 0) is 4.79 Å². The largest absolute Gasteiger partial charge is 0.354 e. The molecule has 1 amide bonds. The van der Waals surface area contributed by atoms with Crippen LogP contribution in [0.5, 0.6) is 0 Å². The van der Waals surface area contributed by atoms with Crippen molar-refractivity contribution in [3.8, 4) is 0 Å². The monoisotopic (exact) mass is 215 g/mol. The Morgan fingerprint density at radius 1 is 1.36 bits per heavy atom. The molecule has 0 aliphatic carbocycles. The SMILES string of the molecule is CCNc1nc(Cl)nc(NC(C)=O)n1. The standard InChI is InChI=1S/C7H10ClN5O/c1-3-9-6-11-5(8)12-7(13-6)10-4(2)14/h3H2,1-2H3,(H2,9,10,11,12,13,14). The molecule has 0 aliphatic rings. The Morgan fingerprint density at radius 3 is 2.57 bits per heavy atom. The third-order valence-corrected chi connectivity index (χ3v) is 1.40. The van der Waals surface area contributed by atoms with Crippen molar-refractivity contribution >= 4 is 29.4 Å². The summed E-state index contributed by atoms with van der Waals surface area (Å²) in [6.07, 6.45) is 0. The number of hydrogen-bond donors (Lipinski definition) is 2. The van der Waals surface area contributed by atoms with Crippen molar-refractivity contribution in [3.63, 3.8) is 0 Å². The molecule has 0 saturated heterocycles. The highest BCUT2D eigenvalue weighted by atomic mass is 35.5. The average Bonchev–Trinajstić information content (AvgIpc) is 2.01. The van der Waals surface area contributed by atoms with Crippen LogP contribution in [0.15, 0.2) is 0 Å². The molecule has 0 fully saturated rings. The number of hydrogen-bond acceptors (Lipinski definition) is 5. The maximum Gasteiger partial charge on any atom is 0.235 e. The summed E-state index contributed by atoms with van der Waals surface area (Å²) in [5, 5.41) is 5.32. The van der Waals surface area contributed by atoms with Gasteiger partial charge in [-0.2, -0.15) is 15.0 Å². The minimum Gasteiger partial charge on any atom is -0.354 e. The molecule has 2 N–H and O–H groups in total. The van der Waals surface area contributed by atoms with Gasteiger partial charge in [-0.1, -0.05) is 0 Å². The van der Waals surface area contributed by atoms with Crippen LogP contribution >= 0.6 is 11.6 Å². The molecule has 0 aliphatic heterocycles. The Balaban J connectivity index is 2.88. The number of anilines is 2. The van der Waals surface area contributed by atoms with Crippen LogP contribution in [0, 0.1) is 0 Å². The summed E-state index contributed by atoms with van der Waals surface area (Å²) in [4.78, 5) is 22.2. The van der Waals surface area contributed by atoms with Crippen LogP contribution < -0.4 is 10.6 Å². The number of rotatable bonds is 3. The van der Waals surface area contributed by atoms with Crippen molar-refractivity contribution < 1.29 is 4.79 Å². The third kappa shape index (κ3) is 3.14. The lowest BCUT2D eigenvalue weighted by Crippen LogP contribution is -2.12. The first-order valence-electron chi connectivity index (χ1n) is 4.05. The summed E-state index contributed by atoms with van der Waals surface area (Å²) < 4.78 is 0. The van der Waals surface area contributed by atoms with Gasteiger partial charge in [0, 0.05) is 13.5 Å². The zero-order valence-corrected chi connectivity index (χ0v) is 8.59. The number of nitrogens with zero attached hydrogens (tertiary/aromatic N) is 3. The van der Waals surface area contributed by atoms with Crippen LogP contribution in [0.3, 0.4) is 0 Å². The number of carbonyl (C=O) groups is 1. The predicted octanol–water partition coefficient (Wildman–Crippen LogP) is 0.915. The van der Waals surface area contributed by atoms with Gasteiger partial charge in [0.15, 0.2) is 0 Å². The van der Waals surface area contributed by atoms with E-state index in [-0.39, 0.29) is 17.1 Å². The van der Waals surface area contributed by atoms with Crippen LogP contribution in [0.25, 0.3) is 0 Å². The molecule has 0 atom stereocenters. The highest BCUT2D eigenvalue weighted by molar-refractivity contribution is 6.28. The zero-order valence-electron chi connectivity index (χ0n) is 7.83. The molecule has 0 aromatic carbocycles. The van der Waals surface area contributed by atoms with Crippen molar-refractivity contribution in [2.75, 3.05) is 17.2 Å². The fourth-order valence-corrected chi connectivity index (χ4v) is 0.961. The van der Waals surface area contributed by atoms with Gasteiger partial charge in [-0.05, 0) is 18.5 Å². The summed E-state index contributed by atoms with van der Waals surface area (Å²) in [6, 6.07) is 0. The van der Waals surface area contributed by atoms with E-state index >= 15 is 0 Å². The fraction of sp³-hybridized carbons (Fsp3) is 0.429. The van der Waals surface area contributed by atoms with E-state index < -0.39 is 0 Å². The van der Waals surface area contributed by atoms with Crippen molar-refractivity contribution in [1.82, 2.24) is 15.0 Å². The highest BCUT2D eigenvalue weighted by Crippen LogP contribution is 2.08. The molecule has 1 rings (SSSR count). The Kier molecular flexibility index (Phi) is 3.58. The lowest BCUT2D eigenvalue weighted by molar-refractivity contribution is -0.114. The normalized spacial score (nSPS) is 9.64. The maximum absolute atomic E-state index is 10.7. The van der Waals surface area contributed by atoms with Gasteiger partial charge in [-0.25, -0.2) is 0 Å². The molecular weight excluding hydrogens is 206 g/mol. The quantitative estimate of drug-likeness (QED) is 0.784. The van der Waals surface area contributed by atoms with E-state index in [1.54, 1.807) is 0 Å². The minimum absolute atomic E-state index is 0.0414. The van der Waals surface area contributed by atoms with Gasteiger partial charge >= 0.3 is 0 Å².